The van der Waals surface area contributed by atoms with E-state index in [0.29, 0.717) is 12.8 Å². The summed E-state index contributed by atoms with van der Waals surface area (Å²) in [7, 11) is 1.27. The summed E-state index contributed by atoms with van der Waals surface area (Å²) in [6, 6.07) is 8.05. The van der Waals surface area contributed by atoms with Gasteiger partial charge < -0.3 is 20.1 Å². The summed E-state index contributed by atoms with van der Waals surface area (Å²) in [4.78, 5) is 37.5. The first kappa shape index (κ1) is 18.9. The van der Waals surface area contributed by atoms with E-state index in [9.17, 15) is 19.5 Å². The molecule has 2 rings (SSSR count). The standard InChI is InChI=1S/C18H24N2O5/c1-12(21)20-11-14(22)10-16(20)17(23)19-15(18(24)25-2)9-8-13-6-4-3-5-7-13/h3-7,14-16,22H,8-11H2,1-2H3,(H,19,23)/t14-,15+,16+/m1/s1. The zero-order valence-electron chi connectivity index (χ0n) is 14.5. The maximum atomic E-state index is 12.5. The minimum absolute atomic E-state index is 0.125. The Balaban J connectivity index is 2.02. The Morgan fingerprint density at radius 3 is 2.60 bits per heavy atom. The summed E-state index contributed by atoms with van der Waals surface area (Å²) in [5, 5.41) is 12.4. The van der Waals surface area contributed by atoms with E-state index in [-0.39, 0.29) is 18.9 Å². The fourth-order valence-corrected chi connectivity index (χ4v) is 3.03. The number of β-amino-alcohol motifs (C(OH)–C–C–N with tert-alkyl or cyclic N) is 1. The molecular weight excluding hydrogens is 324 g/mol. The molecule has 3 atom stereocenters. The zero-order valence-corrected chi connectivity index (χ0v) is 14.5. The van der Waals surface area contributed by atoms with Crippen LogP contribution >= 0.6 is 0 Å². The molecule has 1 heterocycles. The number of amides is 2. The SMILES string of the molecule is COC(=O)[C@H](CCc1ccccc1)NC(=O)[C@@H]1C[C@@H](O)CN1C(C)=O. The van der Waals surface area contributed by atoms with Crippen LogP contribution in [0.3, 0.4) is 0 Å². The van der Waals surface area contributed by atoms with Crippen LogP contribution in [-0.4, -0.2) is 59.6 Å². The lowest BCUT2D eigenvalue weighted by atomic mass is 10.0. The molecule has 0 aliphatic carbocycles. The molecule has 0 bridgehead atoms. The van der Waals surface area contributed by atoms with Crippen LogP contribution in [0.15, 0.2) is 30.3 Å². The first-order valence-electron chi connectivity index (χ1n) is 8.29. The molecule has 1 aromatic carbocycles. The minimum Gasteiger partial charge on any atom is -0.467 e. The van der Waals surface area contributed by atoms with E-state index in [2.05, 4.69) is 5.32 Å². The number of nitrogens with zero attached hydrogens (tertiary/aromatic N) is 1. The van der Waals surface area contributed by atoms with E-state index in [4.69, 9.17) is 4.74 Å². The molecular formula is C18H24N2O5. The van der Waals surface area contributed by atoms with E-state index in [1.54, 1.807) is 0 Å². The third kappa shape index (κ3) is 5.03. The summed E-state index contributed by atoms with van der Waals surface area (Å²) < 4.78 is 4.78. The molecule has 136 valence electrons. The Hall–Kier alpha value is -2.41. The van der Waals surface area contributed by atoms with Crippen molar-refractivity contribution in [1.29, 1.82) is 0 Å². The Labute approximate surface area is 147 Å². The number of ether oxygens (including phenoxy) is 1. The van der Waals surface area contributed by atoms with Crippen molar-refractivity contribution in [3.63, 3.8) is 0 Å². The van der Waals surface area contributed by atoms with Crippen molar-refractivity contribution in [2.75, 3.05) is 13.7 Å². The highest BCUT2D eigenvalue weighted by molar-refractivity contribution is 5.90. The van der Waals surface area contributed by atoms with Gasteiger partial charge in [0.1, 0.15) is 12.1 Å². The van der Waals surface area contributed by atoms with Crippen LogP contribution in [0.2, 0.25) is 0 Å². The molecule has 1 aliphatic rings. The maximum absolute atomic E-state index is 12.5. The van der Waals surface area contributed by atoms with Crippen LogP contribution in [0.1, 0.15) is 25.3 Å². The quantitative estimate of drug-likeness (QED) is 0.719. The predicted molar refractivity (Wildman–Crippen MR) is 90.5 cm³/mol. The number of carbonyl (C=O) groups excluding carboxylic acids is 3. The van der Waals surface area contributed by atoms with Gasteiger partial charge >= 0.3 is 5.97 Å². The number of methoxy groups -OCH3 is 1. The van der Waals surface area contributed by atoms with Gasteiger partial charge in [-0.25, -0.2) is 4.79 Å². The van der Waals surface area contributed by atoms with Crippen molar-refractivity contribution in [1.82, 2.24) is 10.2 Å². The first-order valence-corrected chi connectivity index (χ1v) is 8.29. The van der Waals surface area contributed by atoms with Gasteiger partial charge in [0.05, 0.1) is 13.2 Å². The van der Waals surface area contributed by atoms with Crippen LogP contribution in [0.4, 0.5) is 0 Å². The number of aryl methyl sites for hydroxylation is 1. The minimum atomic E-state index is -0.802. The lowest BCUT2D eigenvalue weighted by molar-refractivity contribution is -0.146. The van der Waals surface area contributed by atoms with Gasteiger partial charge in [-0.1, -0.05) is 30.3 Å². The number of aliphatic hydroxyl groups is 1. The smallest absolute Gasteiger partial charge is 0.328 e. The average molecular weight is 348 g/mol. The molecule has 0 aromatic heterocycles. The molecule has 1 fully saturated rings. The Bertz CT molecular complexity index is 619. The number of likely N-dealkylation sites (tertiary alicyclic amines) is 1. The number of aliphatic hydroxyl groups excluding tert-OH is 1. The second kappa shape index (κ2) is 8.62. The van der Waals surface area contributed by atoms with E-state index in [1.807, 2.05) is 30.3 Å². The van der Waals surface area contributed by atoms with E-state index in [0.717, 1.165) is 5.56 Å². The van der Waals surface area contributed by atoms with E-state index < -0.39 is 30.1 Å². The molecule has 1 aliphatic heterocycles. The summed E-state index contributed by atoms with van der Waals surface area (Å²) in [6.45, 7) is 1.48. The highest BCUT2D eigenvalue weighted by atomic mass is 16.5. The normalized spacial score (nSPS) is 20.8. The second-order valence-corrected chi connectivity index (χ2v) is 6.19. The van der Waals surface area contributed by atoms with Crippen molar-refractivity contribution in [3.8, 4) is 0 Å². The molecule has 0 saturated carbocycles. The molecule has 7 heteroatoms. The number of hydrogen-bond donors (Lipinski definition) is 2. The highest BCUT2D eigenvalue weighted by Crippen LogP contribution is 2.18. The predicted octanol–water partition coefficient (Wildman–Crippen LogP) is 0.259. The zero-order chi connectivity index (χ0) is 18.4. The molecule has 2 N–H and O–H groups in total. The molecule has 1 saturated heterocycles. The van der Waals surface area contributed by atoms with Crippen LogP contribution in [-0.2, 0) is 25.5 Å². The number of hydrogen-bond acceptors (Lipinski definition) is 5. The third-order valence-electron chi connectivity index (χ3n) is 4.35. The van der Waals surface area contributed by atoms with Crippen LogP contribution < -0.4 is 5.32 Å². The van der Waals surface area contributed by atoms with Crippen LogP contribution in [0.25, 0.3) is 0 Å². The maximum Gasteiger partial charge on any atom is 0.328 e. The van der Waals surface area contributed by atoms with E-state index >= 15 is 0 Å². The summed E-state index contributed by atoms with van der Waals surface area (Å²) >= 11 is 0. The molecule has 0 spiro atoms. The number of nitrogens with one attached hydrogen (secondary N) is 1. The second-order valence-electron chi connectivity index (χ2n) is 6.19. The summed E-state index contributed by atoms with van der Waals surface area (Å²) in [5.41, 5.74) is 1.05. The largest absolute Gasteiger partial charge is 0.467 e. The topological polar surface area (TPSA) is 95.9 Å². The van der Waals surface area contributed by atoms with Gasteiger partial charge in [0.15, 0.2) is 0 Å². The third-order valence-corrected chi connectivity index (χ3v) is 4.35. The fraction of sp³-hybridized carbons (Fsp3) is 0.500. The highest BCUT2D eigenvalue weighted by Gasteiger charge is 2.38. The van der Waals surface area contributed by atoms with Crippen LogP contribution in [0, 0.1) is 0 Å². The monoisotopic (exact) mass is 348 g/mol. The molecule has 25 heavy (non-hydrogen) atoms. The number of rotatable bonds is 6. The lowest BCUT2D eigenvalue weighted by Gasteiger charge is -2.24. The molecule has 2 amide bonds. The number of esters is 1. The lowest BCUT2D eigenvalue weighted by Crippen LogP contribution is -2.50. The average Bonchev–Trinajstić information content (AvgIpc) is 3.01. The first-order chi connectivity index (χ1) is 11.9. The van der Waals surface area contributed by atoms with Gasteiger partial charge in [-0.05, 0) is 18.4 Å². The van der Waals surface area contributed by atoms with Gasteiger partial charge in [0, 0.05) is 19.9 Å². The van der Waals surface area contributed by atoms with Crippen molar-refractivity contribution in [2.45, 2.75) is 44.4 Å². The van der Waals surface area contributed by atoms with Crippen molar-refractivity contribution in [3.05, 3.63) is 35.9 Å². The Morgan fingerprint density at radius 2 is 2.00 bits per heavy atom. The number of carbonyl (C=O) groups is 3. The van der Waals surface area contributed by atoms with Crippen molar-refractivity contribution < 1.29 is 24.2 Å². The Kier molecular flexibility index (Phi) is 6.52. The van der Waals surface area contributed by atoms with Gasteiger partial charge in [-0.2, -0.15) is 0 Å². The van der Waals surface area contributed by atoms with Gasteiger partial charge in [-0.3, -0.25) is 9.59 Å². The molecule has 0 radical (unpaired) electrons. The fourth-order valence-electron chi connectivity index (χ4n) is 3.03. The molecule has 7 nitrogen and oxygen atoms in total. The van der Waals surface area contributed by atoms with Gasteiger partial charge in [-0.15, -0.1) is 0 Å². The van der Waals surface area contributed by atoms with Crippen LogP contribution in [0.5, 0.6) is 0 Å². The van der Waals surface area contributed by atoms with Crippen molar-refractivity contribution >= 4 is 17.8 Å². The Morgan fingerprint density at radius 1 is 1.32 bits per heavy atom. The molecule has 0 unspecified atom stereocenters. The van der Waals surface area contributed by atoms with E-state index in [1.165, 1.54) is 18.9 Å². The van der Waals surface area contributed by atoms with Crippen molar-refractivity contribution in [2.24, 2.45) is 0 Å². The number of benzene rings is 1. The van der Waals surface area contributed by atoms with Gasteiger partial charge in [0.2, 0.25) is 11.8 Å². The summed E-state index contributed by atoms with van der Waals surface area (Å²) in [6.07, 6.45) is 0.418. The summed E-state index contributed by atoms with van der Waals surface area (Å²) in [5.74, 6) is -1.26. The van der Waals surface area contributed by atoms with Gasteiger partial charge in [0.25, 0.3) is 0 Å². The molecule has 1 aromatic rings.